The molecule has 9 heteroatoms. The number of hydrogen-bond acceptors (Lipinski definition) is 5. The summed E-state index contributed by atoms with van der Waals surface area (Å²) in [5.41, 5.74) is 0.780. The fourth-order valence-corrected chi connectivity index (χ4v) is 4.43. The molecule has 0 N–H and O–H groups in total. The van der Waals surface area contributed by atoms with E-state index in [2.05, 4.69) is 11.6 Å². The van der Waals surface area contributed by atoms with Crippen molar-refractivity contribution in [2.75, 3.05) is 12.9 Å². The number of rotatable bonds is 6. The first-order chi connectivity index (χ1) is 13.3. The van der Waals surface area contributed by atoms with Crippen molar-refractivity contribution < 1.29 is 17.9 Å². The van der Waals surface area contributed by atoms with Gasteiger partial charge in [0.05, 0.1) is 15.1 Å². The van der Waals surface area contributed by atoms with Gasteiger partial charge in [0.1, 0.15) is 5.75 Å². The second kappa shape index (κ2) is 8.30. The molecule has 3 aromatic rings. The number of halogens is 1. The minimum absolute atomic E-state index is 0.218. The van der Waals surface area contributed by atoms with Crippen molar-refractivity contribution in [1.29, 1.82) is 0 Å². The number of ether oxygens (including phenoxy) is 1. The van der Waals surface area contributed by atoms with Gasteiger partial charge in [0, 0.05) is 17.8 Å². The summed E-state index contributed by atoms with van der Waals surface area (Å²) in [7, 11) is -3.33. The lowest BCUT2D eigenvalue weighted by atomic mass is 10.3. The Morgan fingerprint density at radius 2 is 2.00 bits per heavy atom. The molecule has 0 atom stereocenters. The highest BCUT2D eigenvalue weighted by Crippen LogP contribution is 2.22. The Morgan fingerprint density at radius 3 is 2.64 bits per heavy atom. The molecule has 1 aromatic heterocycles. The number of benzene rings is 2. The Balaban J connectivity index is 1.93. The van der Waals surface area contributed by atoms with Gasteiger partial charge in [-0.2, -0.15) is 4.99 Å². The Hall–Kier alpha value is -2.42. The number of aromatic nitrogens is 1. The molecule has 0 unspecified atom stereocenters. The van der Waals surface area contributed by atoms with Crippen LogP contribution in [0.15, 0.2) is 65.0 Å². The summed E-state index contributed by atoms with van der Waals surface area (Å²) in [4.78, 5) is 17.1. The maximum Gasteiger partial charge on any atom is 0.286 e. The molecule has 3 rings (SSSR count). The van der Waals surface area contributed by atoms with Gasteiger partial charge in [-0.3, -0.25) is 4.79 Å². The molecule has 0 spiro atoms. The summed E-state index contributed by atoms with van der Waals surface area (Å²) in [6.45, 7) is 3.94. The number of thiazole rings is 1. The molecule has 146 valence electrons. The van der Waals surface area contributed by atoms with Crippen LogP contribution in [0.1, 0.15) is 0 Å². The van der Waals surface area contributed by atoms with Crippen molar-refractivity contribution in [2.45, 2.75) is 11.4 Å². The lowest BCUT2D eigenvalue weighted by Crippen LogP contribution is -2.19. The zero-order valence-corrected chi connectivity index (χ0v) is 17.4. The van der Waals surface area contributed by atoms with Crippen LogP contribution in [0.25, 0.3) is 10.2 Å². The van der Waals surface area contributed by atoms with Crippen molar-refractivity contribution >= 4 is 48.9 Å². The molecule has 0 bridgehead atoms. The number of nitrogens with zero attached hydrogens (tertiary/aromatic N) is 2. The molecule has 0 saturated carbocycles. The average Bonchev–Trinajstić information content (AvgIpc) is 2.97. The molecular weight excluding hydrogens is 420 g/mol. The molecular formula is C19H17ClN2O4S2. The number of sulfone groups is 1. The van der Waals surface area contributed by atoms with E-state index in [0.29, 0.717) is 22.1 Å². The van der Waals surface area contributed by atoms with Gasteiger partial charge in [-0.1, -0.05) is 29.0 Å². The van der Waals surface area contributed by atoms with Gasteiger partial charge in [0.15, 0.2) is 21.2 Å². The van der Waals surface area contributed by atoms with E-state index in [9.17, 15) is 13.2 Å². The maximum atomic E-state index is 12.3. The van der Waals surface area contributed by atoms with E-state index in [1.807, 2.05) is 0 Å². The minimum Gasteiger partial charge on any atom is -0.484 e. The first-order valence-corrected chi connectivity index (χ1v) is 11.3. The molecule has 0 aliphatic rings. The van der Waals surface area contributed by atoms with Crippen LogP contribution in [0.4, 0.5) is 0 Å². The third kappa shape index (κ3) is 4.70. The number of carbonyl (C=O) groups excluding carboxylic acids is 1. The van der Waals surface area contributed by atoms with E-state index < -0.39 is 15.7 Å². The van der Waals surface area contributed by atoms with Gasteiger partial charge >= 0.3 is 0 Å². The molecule has 0 aliphatic carbocycles. The maximum absolute atomic E-state index is 12.3. The van der Waals surface area contributed by atoms with Crippen molar-refractivity contribution in [3.63, 3.8) is 0 Å². The molecule has 0 radical (unpaired) electrons. The number of allylic oxidation sites excluding steroid dienone is 1. The van der Waals surface area contributed by atoms with Gasteiger partial charge in [0.25, 0.3) is 5.91 Å². The first-order valence-electron chi connectivity index (χ1n) is 8.18. The van der Waals surface area contributed by atoms with Crippen molar-refractivity contribution in [3.8, 4) is 5.75 Å². The zero-order valence-electron chi connectivity index (χ0n) is 15.0. The van der Waals surface area contributed by atoms with E-state index in [4.69, 9.17) is 16.3 Å². The largest absolute Gasteiger partial charge is 0.484 e. The van der Waals surface area contributed by atoms with Crippen LogP contribution in [0.2, 0.25) is 5.02 Å². The number of fused-ring (bicyclic) bond motifs is 1. The van der Waals surface area contributed by atoms with E-state index in [1.165, 1.54) is 11.3 Å². The Morgan fingerprint density at radius 1 is 1.29 bits per heavy atom. The molecule has 0 saturated heterocycles. The molecule has 6 nitrogen and oxygen atoms in total. The summed E-state index contributed by atoms with van der Waals surface area (Å²) < 4.78 is 31.5. The summed E-state index contributed by atoms with van der Waals surface area (Å²) in [5.74, 6) is 0.0590. The predicted molar refractivity (Wildman–Crippen MR) is 111 cm³/mol. The smallest absolute Gasteiger partial charge is 0.286 e. The monoisotopic (exact) mass is 436 g/mol. The second-order valence-electron chi connectivity index (χ2n) is 5.93. The van der Waals surface area contributed by atoms with Crippen LogP contribution in [-0.4, -0.2) is 31.8 Å². The summed E-state index contributed by atoms with van der Waals surface area (Å²) in [6, 6.07) is 11.5. The van der Waals surface area contributed by atoms with Crippen LogP contribution in [-0.2, 0) is 21.2 Å². The first kappa shape index (κ1) is 20.3. The Labute approximate surface area is 171 Å². The molecule has 0 fully saturated rings. The molecule has 2 aromatic carbocycles. The molecule has 1 amide bonds. The van der Waals surface area contributed by atoms with Gasteiger partial charge in [-0.15, -0.1) is 6.58 Å². The number of amides is 1. The third-order valence-corrected chi connectivity index (χ3v) is 6.19. The van der Waals surface area contributed by atoms with E-state index in [1.54, 1.807) is 53.1 Å². The van der Waals surface area contributed by atoms with E-state index in [0.717, 1.165) is 16.5 Å². The van der Waals surface area contributed by atoms with Crippen LogP contribution in [0, 0.1) is 0 Å². The SMILES string of the molecule is C=CCn1c(=NC(=O)COc2ccc(Cl)cc2)sc2cc(S(C)(=O)=O)ccc21. The second-order valence-corrected chi connectivity index (χ2v) is 9.40. The lowest BCUT2D eigenvalue weighted by molar-refractivity contribution is -0.120. The fraction of sp³-hybridized carbons (Fsp3) is 0.158. The molecule has 28 heavy (non-hydrogen) atoms. The fourth-order valence-electron chi connectivity index (χ4n) is 2.49. The molecule has 1 heterocycles. The number of carbonyl (C=O) groups is 1. The van der Waals surface area contributed by atoms with Gasteiger partial charge in [0.2, 0.25) is 0 Å². The van der Waals surface area contributed by atoms with Gasteiger partial charge < -0.3 is 9.30 Å². The Bertz CT molecular complexity index is 1210. The van der Waals surface area contributed by atoms with Gasteiger partial charge in [-0.05, 0) is 42.5 Å². The minimum atomic E-state index is -3.33. The van der Waals surface area contributed by atoms with Crippen molar-refractivity contribution in [1.82, 2.24) is 4.57 Å². The molecule has 0 aliphatic heterocycles. The van der Waals surface area contributed by atoms with Gasteiger partial charge in [-0.25, -0.2) is 8.42 Å². The summed E-state index contributed by atoms with van der Waals surface area (Å²) in [5, 5.41) is 0.576. The highest BCUT2D eigenvalue weighted by atomic mass is 35.5. The van der Waals surface area contributed by atoms with Crippen LogP contribution in [0.3, 0.4) is 0 Å². The number of hydrogen-bond donors (Lipinski definition) is 0. The normalized spacial score (nSPS) is 12.3. The van der Waals surface area contributed by atoms with Crippen molar-refractivity contribution in [2.24, 2.45) is 4.99 Å². The third-order valence-electron chi connectivity index (χ3n) is 3.79. The standard InChI is InChI=1S/C19H17ClN2O4S2/c1-3-10-22-16-9-8-15(28(2,24)25)11-17(16)27-19(22)21-18(23)12-26-14-6-4-13(20)5-7-14/h3-9,11H,1,10,12H2,2H3. The Kier molecular flexibility index (Phi) is 6.02. The lowest BCUT2D eigenvalue weighted by Gasteiger charge is -2.04. The van der Waals surface area contributed by atoms with E-state index in [-0.39, 0.29) is 11.5 Å². The summed E-state index contributed by atoms with van der Waals surface area (Å²) in [6.07, 6.45) is 2.84. The van der Waals surface area contributed by atoms with E-state index >= 15 is 0 Å². The quantitative estimate of drug-likeness (QED) is 0.554. The van der Waals surface area contributed by atoms with Crippen LogP contribution >= 0.6 is 22.9 Å². The van der Waals surface area contributed by atoms with Crippen molar-refractivity contribution in [3.05, 3.63) is 64.9 Å². The predicted octanol–water partition coefficient (Wildman–Crippen LogP) is 3.45. The zero-order chi connectivity index (χ0) is 20.3. The highest BCUT2D eigenvalue weighted by Gasteiger charge is 2.12. The highest BCUT2D eigenvalue weighted by molar-refractivity contribution is 7.90. The average molecular weight is 437 g/mol. The van der Waals surface area contributed by atoms with Crippen LogP contribution in [0.5, 0.6) is 5.75 Å². The van der Waals surface area contributed by atoms with Crippen LogP contribution < -0.4 is 9.54 Å². The topological polar surface area (TPSA) is 77.7 Å². The summed E-state index contributed by atoms with van der Waals surface area (Å²) >= 11 is 7.05.